The Balaban J connectivity index is 1.57. The molecule has 3 aromatic rings. The molecule has 184 valence electrons. The van der Waals surface area contributed by atoms with Crippen LogP contribution in [-0.4, -0.2) is 28.4 Å². The Hall–Kier alpha value is -3.40. The van der Waals surface area contributed by atoms with Crippen LogP contribution < -0.4 is 10.5 Å². The van der Waals surface area contributed by atoms with Crippen LogP contribution in [0.4, 0.5) is 23.4 Å². The number of carbonyl (C=O) groups excluding carboxylic acids is 1. The summed E-state index contributed by atoms with van der Waals surface area (Å²) in [4.78, 5) is 19.4. The van der Waals surface area contributed by atoms with Crippen molar-refractivity contribution in [1.82, 2.24) is 9.88 Å². The summed E-state index contributed by atoms with van der Waals surface area (Å²) in [5, 5.41) is 0.574. The second-order valence-corrected chi connectivity index (χ2v) is 9.08. The van der Waals surface area contributed by atoms with Crippen molar-refractivity contribution >= 4 is 22.6 Å². The van der Waals surface area contributed by atoms with Gasteiger partial charge >= 0.3 is 6.18 Å². The lowest BCUT2D eigenvalue weighted by Crippen LogP contribution is -2.41. The van der Waals surface area contributed by atoms with E-state index in [2.05, 4.69) is 4.98 Å². The minimum absolute atomic E-state index is 0.0331. The molecular weight excluding hydrogens is 466 g/mol. The molecule has 0 radical (unpaired) electrons. The number of amides is 1. The third-order valence-electron chi connectivity index (χ3n) is 6.59. The van der Waals surface area contributed by atoms with E-state index in [0.717, 1.165) is 23.3 Å². The highest BCUT2D eigenvalue weighted by atomic mass is 19.4. The average Bonchev–Trinajstić information content (AvgIpc) is 3.36. The Bertz CT molecular complexity index is 1360. The van der Waals surface area contributed by atoms with Crippen LogP contribution in [0.1, 0.15) is 65.5 Å². The Morgan fingerprint density at radius 2 is 1.97 bits per heavy atom. The van der Waals surface area contributed by atoms with Crippen LogP contribution in [0, 0.1) is 5.82 Å². The molecule has 2 aliphatic heterocycles. The number of carbonyl (C=O) groups is 1. The number of alkyl halides is 3. The fraction of sp³-hybridized carbons (Fsp3) is 0.360. The molecule has 10 heteroatoms. The number of aromatic nitrogens is 1. The maximum Gasteiger partial charge on any atom is 0.416 e. The lowest BCUT2D eigenvalue weighted by molar-refractivity contribution is -0.137. The quantitative estimate of drug-likeness (QED) is 0.488. The highest BCUT2D eigenvalue weighted by molar-refractivity contribution is 6.00. The van der Waals surface area contributed by atoms with Crippen molar-refractivity contribution in [3.8, 4) is 5.75 Å². The normalized spacial score (nSPS) is 19.1. The van der Waals surface area contributed by atoms with Gasteiger partial charge in [0.1, 0.15) is 24.0 Å². The average molecular weight is 489 g/mol. The van der Waals surface area contributed by atoms with Crippen molar-refractivity contribution in [2.24, 2.45) is 0 Å². The molecule has 0 spiro atoms. The van der Waals surface area contributed by atoms with E-state index < -0.39 is 35.5 Å². The molecule has 5 rings (SSSR count). The van der Waals surface area contributed by atoms with E-state index in [-0.39, 0.29) is 36.4 Å². The third-order valence-corrected chi connectivity index (χ3v) is 6.59. The van der Waals surface area contributed by atoms with E-state index in [9.17, 15) is 18.0 Å². The molecule has 0 aliphatic carbocycles. The first-order valence-corrected chi connectivity index (χ1v) is 11.2. The summed E-state index contributed by atoms with van der Waals surface area (Å²) in [5.41, 5.74) is 7.30. The summed E-state index contributed by atoms with van der Waals surface area (Å²) in [6.07, 6.45) is -4.79. The van der Waals surface area contributed by atoms with Crippen LogP contribution in [0.3, 0.4) is 0 Å². The monoisotopic (exact) mass is 489 g/mol. The molecule has 0 bridgehead atoms. The van der Waals surface area contributed by atoms with Gasteiger partial charge in [0.2, 0.25) is 0 Å². The summed E-state index contributed by atoms with van der Waals surface area (Å²) in [6, 6.07) is 4.77. The molecule has 3 heterocycles. The topological polar surface area (TPSA) is 77.7 Å². The summed E-state index contributed by atoms with van der Waals surface area (Å²) in [7, 11) is 0. The highest BCUT2D eigenvalue weighted by Gasteiger charge is 2.38. The van der Waals surface area contributed by atoms with Crippen molar-refractivity contribution in [3.05, 3.63) is 64.0 Å². The zero-order chi connectivity index (χ0) is 25.2. The number of nitrogen functional groups attached to an aromatic ring is 1. The first kappa shape index (κ1) is 23.3. The summed E-state index contributed by atoms with van der Waals surface area (Å²) >= 11 is 0. The molecule has 0 unspecified atom stereocenters. The van der Waals surface area contributed by atoms with Gasteiger partial charge in [-0.05, 0) is 44.5 Å². The van der Waals surface area contributed by atoms with Crippen LogP contribution in [0.15, 0.2) is 30.3 Å². The number of benzene rings is 2. The van der Waals surface area contributed by atoms with E-state index in [1.165, 1.54) is 23.1 Å². The van der Waals surface area contributed by atoms with Crippen LogP contribution >= 0.6 is 0 Å². The van der Waals surface area contributed by atoms with Gasteiger partial charge in [0.25, 0.3) is 5.91 Å². The summed E-state index contributed by atoms with van der Waals surface area (Å²) in [6.45, 7) is 5.59. The van der Waals surface area contributed by atoms with Crippen molar-refractivity contribution in [3.63, 3.8) is 0 Å². The molecule has 0 saturated heterocycles. The fourth-order valence-electron chi connectivity index (χ4n) is 4.93. The van der Waals surface area contributed by atoms with Gasteiger partial charge in [-0.2, -0.15) is 13.2 Å². The van der Waals surface area contributed by atoms with Crippen molar-refractivity contribution < 1.29 is 31.8 Å². The molecule has 2 atom stereocenters. The van der Waals surface area contributed by atoms with E-state index in [1.54, 1.807) is 13.8 Å². The second kappa shape index (κ2) is 8.08. The number of hydrogen-bond acceptors (Lipinski definition) is 5. The fourth-order valence-corrected chi connectivity index (χ4v) is 4.93. The van der Waals surface area contributed by atoms with E-state index in [1.807, 2.05) is 6.92 Å². The van der Waals surface area contributed by atoms with Crippen molar-refractivity contribution in [2.45, 2.75) is 51.7 Å². The van der Waals surface area contributed by atoms with Crippen LogP contribution in [-0.2, 0) is 17.5 Å². The number of anilines is 1. The maximum atomic E-state index is 15.2. The minimum atomic E-state index is -4.52. The Morgan fingerprint density at radius 1 is 1.23 bits per heavy atom. The number of pyridine rings is 1. The zero-order valence-corrected chi connectivity index (χ0v) is 19.2. The predicted octanol–water partition coefficient (Wildman–Crippen LogP) is 5.55. The predicted molar refractivity (Wildman–Crippen MR) is 120 cm³/mol. The number of rotatable bonds is 3. The highest BCUT2D eigenvalue weighted by Crippen LogP contribution is 2.42. The van der Waals surface area contributed by atoms with Gasteiger partial charge in [-0.15, -0.1) is 0 Å². The molecule has 6 nitrogen and oxygen atoms in total. The second-order valence-electron chi connectivity index (χ2n) is 9.08. The van der Waals surface area contributed by atoms with Gasteiger partial charge in [0.15, 0.2) is 0 Å². The largest absolute Gasteiger partial charge is 0.491 e. The first-order valence-electron chi connectivity index (χ1n) is 11.2. The third kappa shape index (κ3) is 3.76. The van der Waals surface area contributed by atoms with Crippen LogP contribution in [0.5, 0.6) is 5.75 Å². The SMILES string of the molecule is CC(C)N(C(=O)c1cc2c3c(c(N)nc2cc1F)[C@@H](C)OC3)[C@H]1COc2cc(C(F)(F)F)ccc21. The number of halogens is 4. The molecule has 2 aliphatic rings. The van der Waals surface area contributed by atoms with Gasteiger partial charge in [0, 0.05) is 28.6 Å². The summed E-state index contributed by atoms with van der Waals surface area (Å²) < 4.78 is 65.8. The summed E-state index contributed by atoms with van der Waals surface area (Å²) in [5.74, 6) is -1.04. The van der Waals surface area contributed by atoms with Crippen molar-refractivity contribution in [1.29, 1.82) is 0 Å². The Kier molecular flexibility index (Phi) is 5.39. The number of ether oxygens (including phenoxy) is 2. The molecule has 1 amide bonds. The Morgan fingerprint density at radius 3 is 2.66 bits per heavy atom. The molecule has 0 fully saturated rings. The van der Waals surface area contributed by atoms with Gasteiger partial charge in [0.05, 0.1) is 35.4 Å². The maximum absolute atomic E-state index is 15.2. The van der Waals surface area contributed by atoms with Crippen molar-refractivity contribution in [2.75, 3.05) is 12.3 Å². The smallest absolute Gasteiger partial charge is 0.416 e. The molecule has 0 saturated carbocycles. The lowest BCUT2D eigenvalue weighted by Gasteiger charge is -2.32. The van der Waals surface area contributed by atoms with Gasteiger partial charge in [-0.25, -0.2) is 9.37 Å². The number of hydrogen-bond donors (Lipinski definition) is 1. The van der Waals surface area contributed by atoms with Crippen LogP contribution in [0.2, 0.25) is 0 Å². The first-order chi connectivity index (χ1) is 16.5. The lowest BCUT2D eigenvalue weighted by atomic mass is 9.98. The molecule has 35 heavy (non-hydrogen) atoms. The van der Waals surface area contributed by atoms with Gasteiger partial charge in [-0.1, -0.05) is 6.07 Å². The molecule has 1 aromatic heterocycles. The minimum Gasteiger partial charge on any atom is -0.491 e. The molecule has 2 aromatic carbocycles. The van der Waals surface area contributed by atoms with E-state index >= 15 is 4.39 Å². The number of fused-ring (bicyclic) bond motifs is 4. The zero-order valence-electron chi connectivity index (χ0n) is 19.2. The Labute approximate surface area is 198 Å². The standard InChI is InChI=1S/C25H23F4N3O3/c1-11(2)32(20-10-35-21-6-13(25(27,28)29)4-5-14(20)21)24(33)16-7-15-17-9-34-12(3)22(17)23(30)31-19(15)8-18(16)26/h4-8,11-12,20H,9-10H2,1-3H3,(H2,30,31)/t12-,20+/m1/s1. The van der Waals surface area contributed by atoms with Gasteiger partial charge < -0.3 is 20.1 Å². The molecule has 2 N–H and O–H groups in total. The number of nitrogens with zero attached hydrogens (tertiary/aromatic N) is 2. The van der Waals surface area contributed by atoms with Crippen LogP contribution in [0.25, 0.3) is 10.9 Å². The number of nitrogens with two attached hydrogens (primary N) is 1. The van der Waals surface area contributed by atoms with E-state index in [4.69, 9.17) is 15.2 Å². The van der Waals surface area contributed by atoms with E-state index in [0.29, 0.717) is 16.5 Å². The molecular formula is C25H23F4N3O3. The van der Waals surface area contributed by atoms with Gasteiger partial charge in [-0.3, -0.25) is 4.79 Å².